The molecule has 5 aromatic rings. The van der Waals surface area contributed by atoms with Crippen LogP contribution in [0, 0.1) is 0 Å². The van der Waals surface area contributed by atoms with Crippen LogP contribution in [0.2, 0.25) is 0 Å². The second-order valence-electron chi connectivity index (χ2n) is 7.63. The fourth-order valence-electron chi connectivity index (χ4n) is 3.58. The zero-order valence-corrected chi connectivity index (χ0v) is 18.1. The highest BCUT2D eigenvalue weighted by atomic mass is 16.4. The molecule has 0 atom stereocenters. The van der Waals surface area contributed by atoms with Gasteiger partial charge in [-0.2, -0.15) is 5.10 Å². The van der Waals surface area contributed by atoms with Crippen LogP contribution in [0.25, 0.3) is 16.7 Å². The molecule has 11 nitrogen and oxygen atoms in total. The maximum Gasteiger partial charge on any atom is 0.419 e. The van der Waals surface area contributed by atoms with Gasteiger partial charge in [-0.15, -0.1) is 0 Å². The van der Waals surface area contributed by atoms with E-state index in [-0.39, 0.29) is 23.8 Å². The van der Waals surface area contributed by atoms with Gasteiger partial charge in [-0.25, -0.2) is 19.1 Å². The van der Waals surface area contributed by atoms with Gasteiger partial charge < -0.3 is 9.73 Å². The van der Waals surface area contributed by atoms with E-state index in [1.165, 1.54) is 26.7 Å². The minimum atomic E-state index is -0.452. The van der Waals surface area contributed by atoms with Crippen molar-refractivity contribution >= 4 is 28.6 Å². The topological polar surface area (TPSA) is 141 Å². The molecule has 4 aromatic heterocycles. The van der Waals surface area contributed by atoms with Gasteiger partial charge in [-0.1, -0.05) is 12.1 Å². The molecule has 0 bridgehead atoms. The number of hydrogen-bond acceptors (Lipinski definition) is 7. The molecule has 0 aliphatic carbocycles. The van der Waals surface area contributed by atoms with Gasteiger partial charge in [0.05, 0.1) is 17.4 Å². The molecule has 1 aromatic carbocycles. The van der Waals surface area contributed by atoms with Crippen molar-refractivity contribution in [2.45, 2.75) is 13.1 Å². The quantitative estimate of drug-likeness (QED) is 0.375. The Balaban J connectivity index is 1.35. The maximum absolute atomic E-state index is 12.9. The molecule has 0 aliphatic heterocycles. The SMILES string of the molecule is Cn1c(=O)oc2ccc(CNC(=O)c3cc(C(=O)[NH2+]Cc4ccccn4)n4nccc4n3)cc21. The number of primary amides is 1. The molecule has 3 N–H and O–H groups in total. The summed E-state index contributed by atoms with van der Waals surface area (Å²) in [5.74, 6) is -1.18. The van der Waals surface area contributed by atoms with Crippen LogP contribution in [0.1, 0.15) is 32.2 Å². The number of nitrogens with zero attached hydrogens (tertiary/aromatic N) is 5. The third kappa shape index (κ3) is 4.07. The number of rotatable bonds is 6. The monoisotopic (exact) mass is 458 g/mol. The Morgan fingerprint density at radius 3 is 2.82 bits per heavy atom. The molecule has 0 radical (unpaired) electrons. The lowest BCUT2D eigenvalue weighted by atomic mass is 10.2. The number of hydrogen-bond donors (Lipinski definition) is 2. The first-order valence-corrected chi connectivity index (χ1v) is 10.5. The van der Waals surface area contributed by atoms with Gasteiger partial charge in [0.25, 0.3) is 5.91 Å². The highest BCUT2D eigenvalue weighted by molar-refractivity contribution is 5.95. The number of carbonyl (C=O) groups is 2. The van der Waals surface area contributed by atoms with Crippen LogP contribution in [0.15, 0.2) is 70.1 Å². The van der Waals surface area contributed by atoms with Gasteiger partial charge >= 0.3 is 11.7 Å². The first-order chi connectivity index (χ1) is 16.5. The second-order valence-corrected chi connectivity index (χ2v) is 7.63. The van der Waals surface area contributed by atoms with Crippen LogP contribution in [0.5, 0.6) is 0 Å². The van der Waals surface area contributed by atoms with Gasteiger partial charge in [-0.3, -0.25) is 19.7 Å². The van der Waals surface area contributed by atoms with E-state index >= 15 is 0 Å². The van der Waals surface area contributed by atoms with Crippen LogP contribution < -0.4 is 16.4 Å². The van der Waals surface area contributed by atoms with Gasteiger partial charge in [0, 0.05) is 31.9 Å². The van der Waals surface area contributed by atoms with Crippen molar-refractivity contribution < 1.29 is 19.3 Å². The number of carbonyl (C=O) groups excluding carboxylic acids is 2. The average Bonchev–Trinajstić information content (AvgIpc) is 3.45. The van der Waals surface area contributed by atoms with Crippen molar-refractivity contribution in [1.29, 1.82) is 0 Å². The lowest BCUT2D eigenvalue weighted by Crippen LogP contribution is -2.86. The van der Waals surface area contributed by atoms with Crippen molar-refractivity contribution in [3.05, 3.63) is 94.1 Å². The molecular formula is C23H20N7O4+. The predicted octanol–water partition coefficient (Wildman–Crippen LogP) is 0.403. The Bertz CT molecular complexity index is 1580. The van der Waals surface area contributed by atoms with E-state index in [1.54, 1.807) is 43.6 Å². The van der Waals surface area contributed by atoms with E-state index < -0.39 is 11.7 Å². The molecule has 0 unspecified atom stereocenters. The molecule has 4 heterocycles. The highest BCUT2D eigenvalue weighted by Crippen LogP contribution is 2.14. The molecule has 0 saturated carbocycles. The predicted molar refractivity (Wildman–Crippen MR) is 120 cm³/mol. The normalized spacial score (nSPS) is 11.2. The van der Waals surface area contributed by atoms with E-state index in [9.17, 15) is 14.4 Å². The molecule has 0 spiro atoms. The Morgan fingerprint density at radius 1 is 1.12 bits per heavy atom. The van der Waals surface area contributed by atoms with Crippen molar-refractivity contribution in [2.24, 2.45) is 7.05 Å². The Morgan fingerprint density at radius 2 is 2.00 bits per heavy atom. The molecule has 34 heavy (non-hydrogen) atoms. The lowest BCUT2D eigenvalue weighted by Gasteiger charge is -2.08. The Labute approximate surface area is 192 Å². The number of oxazole rings is 1. The van der Waals surface area contributed by atoms with Gasteiger partial charge in [-0.05, 0) is 29.8 Å². The van der Waals surface area contributed by atoms with E-state index in [1.807, 2.05) is 12.1 Å². The van der Waals surface area contributed by atoms with Crippen molar-refractivity contribution in [3.8, 4) is 0 Å². The molecule has 170 valence electrons. The highest BCUT2D eigenvalue weighted by Gasteiger charge is 2.20. The first kappa shape index (κ1) is 21.2. The number of quaternary nitrogens is 1. The summed E-state index contributed by atoms with van der Waals surface area (Å²) in [7, 11) is 1.62. The number of fused-ring (bicyclic) bond motifs is 2. The molecule has 0 aliphatic rings. The summed E-state index contributed by atoms with van der Waals surface area (Å²) in [6, 6.07) is 13.8. The van der Waals surface area contributed by atoms with E-state index in [0.717, 1.165) is 11.3 Å². The maximum atomic E-state index is 12.9. The van der Waals surface area contributed by atoms with Gasteiger partial charge in [0.1, 0.15) is 12.2 Å². The number of nitrogens with two attached hydrogens (primary N) is 1. The Hall–Kier alpha value is -4.64. The summed E-state index contributed by atoms with van der Waals surface area (Å²) in [6.07, 6.45) is 3.18. The molecule has 5 rings (SSSR count). The first-order valence-electron chi connectivity index (χ1n) is 10.5. The average molecular weight is 458 g/mol. The molecule has 11 heteroatoms. The summed E-state index contributed by atoms with van der Waals surface area (Å²) in [5.41, 5.74) is 3.35. The molecule has 0 saturated heterocycles. The van der Waals surface area contributed by atoms with Gasteiger partial charge in [0.2, 0.25) is 0 Å². The molecule has 0 fully saturated rings. The molecule has 2 amide bonds. The van der Waals surface area contributed by atoms with Crippen molar-refractivity contribution in [1.82, 2.24) is 29.5 Å². The second kappa shape index (κ2) is 8.71. The molecular weight excluding hydrogens is 438 g/mol. The summed E-state index contributed by atoms with van der Waals surface area (Å²) in [5, 5.41) is 8.47. The zero-order chi connectivity index (χ0) is 23.7. The fraction of sp³-hybridized carbons (Fsp3) is 0.130. The third-order valence-corrected chi connectivity index (χ3v) is 5.38. The van der Waals surface area contributed by atoms with Crippen LogP contribution >= 0.6 is 0 Å². The van der Waals surface area contributed by atoms with Crippen LogP contribution in [0.4, 0.5) is 0 Å². The van der Waals surface area contributed by atoms with Crippen molar-refractivity contribution in [3.63, 3.8) is 0 Å². The minimum absolute atomic E-state index is 0.0966. The minimum Gasteiger partial charge on any atom is -0.408 e. The number of nitrogens with one attached hydrogen (secondary N) is 1. The Kier molecular flexibility index (Phi) is 5.44. The number of amides is 2. The lowest BCUT2D eigenvalue weighted by molar-refractivity contribution is -0.572. The largest absolute Gasteiger partial charge is 0.419 e. The summed E-state index contributed by atoms with van der Waals surface area (Å²) in [4.78, 5) is 46.0. The third-order valence-electron chi connectivity index (χ3n) is 5.38. The number of aromatic nitrogens is 5. The number of benzene rings is 1. The summed E-state index contributed by atoms with van der Waals surface area (Å²) < 4.78 is 7.93. The summed E-state index contributed by atoms with van der Waals surface area (Å²) in [6.45, 7) is 0.556. The van der Waals surface area contributed by atoms with Gasteiger partial charge in [0.15, 0.2) is 16.9 Å². The zero-order valence-electron chi connectivity index (χ0n) is 18.1. The van der Waals surface area contributed by atoms with E-state index in [2.05, 4.69) is 20.4 Å². The van der Waals surface area contributed by atoms with Crippen LogP contribution in [0.3, 0.4) is 0 Å². The number of pyridine rings is 1. The van der Waals surface area contributed by atoms with Crippen LogP contribution in [-0.4, -0.2) is 36.0 Å². The standard InChI is InChI=1S/C23H19N7O4/c1-29-17-10-14(5-6-19(17)34-23(29)33)12-25-21(31)16-11-18(30-20(28-16)7-9-27-30)22(32)26-13-15-4-2-3-8-24-15/h2-11H,12-13H2,1H3,(H,25,31)(H,26,32)/p+1. The van der Waals surface area contributed by atoms with E-state index in [0.29, 0.717) is 23.3 Å². The summed E-state index contributed by atoms with van der Waals surface area (Å²) >= 11 is 0. The van der Waals surface area contributed by atoms with E-state index in [4.69, 9.17) is 4.42 Å². The smallest absolute Gasteiger partial charge is 0.408 e. The van der Waals surface area contributed by atoms with Crippen molar-refractivity contribution in [2.75, 3.05) is 0 Å². The van der Waals surface area contributed by atoms with Crippen LogP contribution in [-0.2, 0) is 20.1 Å². The number of aryl methyl sites for hydroxylation is 1. The fourth-order valence-corrected chi connectivity index (χ4v) is 3.58.